The van der Waals surface area contributed by atoms with Crippen molar-refractivity contribution in [1.82, 2.24) is 15.1 Å². The highest BCUT2D eigenvalue weighted by Crippen LogP contribution is 2.26. The lowest BCUT2D eigenvalue weighted by Crippen LogP contribution is -2.22. The first-order chi connectivity index (χ1) is 9.95. The number of benzene rings is 1. The van der Waals surface area contributed by atoms with E-state index >= 15 is 0 Å². The average Bonchev–Trinajstić information content (AvgIpc) is 2.92. The zero-order chi connectivity index (χ0) is 15.5. The van der Waals surface area contributed by atoms with Crippen molar-refractivity contribution in [1.29, 1.82) is 0 Å². The Morgan fingerprint density at radius 2 is 1.76 bits per heavy atom. The van der Waals surface area contributed by atoms with Gasteiger partial charge in [0.25, 0.3) is 0 Å². The summed E-state index contributed by atoms with van der Waals surface area (Å²) in [5.41, 5.74) is 4.08. The van der Waals surface area contributed by atoms with Crippen molar-refractivity contribution >= 4 is 0 Å². The minimum Gasteiger partial charge on any atom is -0.306 e. The van der Waals surface area contributed by atoms with Gasteiger partial charge in [0.15, 0.2) is 0 Å². The van der Waals surface area contributed by atoms with E-state index < -0.39 is 0 Å². The molecule has 1 aromatic carbocycles. The maximum absolute atomic E-state index is 4.40. The summed E-state index contributed by atoms with van der Waals surface area (Å²) < 4.78 is 1.98. The third kappa shape index (κ3) is 3.73. The van der Waals surface area contributed by atoms with E-state index in [-0.39, 0.29) is 11.5 Å². The lowest BCUT2D eigenvalue weighted by Gasteiger charge is -2.21. The summed E-state index contributed by atoms with van der Waals surface area (Å²) in [6.07, 6.45) is 4.10. The van der Waals surface area contributed by atoms with Gasteiger partial charge in [-0.15, -0.1) is 0 Å². The molecule has 0 aliphatic heterocycles. The van der Waals surface area contributed by atoms with Gasteiger partial charge in [-0.3, -0.25) is 4.68 Å². The Kier molecular flexibility index (Phi) is 4.84. The molecule has 1 N–H and O–H groups in total. The van der Waals surface area contributed by atoms with Crippen LogP contribution in [0.1, 0.15) is 57.4 Å². The number of aryl methyl sites for hydroxylation is 1. The molecular formula is C18H27N3. The van der Waals surface area contributed by atoms with Gasteiger partial charge in [-0.2, -0.15) is 5.10 Å². The predicted octanol–water partition coefficient (Wildman–Crippen LogP) is 3.90. The topological polar surface area (TPSA) is 29.9 Å². The highest BCUT2D eigenvalue weighted by Gasteiger charge is 2.17. The normalized spacial score (nSPS) is 13.4. The number of rotatable bonds is 5. The fourth-order valence-corrected chi connectivity index (χ4v) is 2.51. The van der Waals surface area contributed by atoms with Gasteiger partial charge in [0.1, 0.15) is 0 Å². The van der Waals surface area contributed by atoms with Crippen LogP contribution in [0.15, 0.2) is 36.7 Å². The number of hydrogen-bond donors (Lipinski definition) is 1. The number of nitrogens with one attached hydrogen (secondary N) is 1. The molecule has 0 aliphatic rings. The molecule has 114 valence electrons. The van der Waals surface area contributed by atoms with E-state index in [1.54, 1.807) is 0 Å². The zero-order valence-electron chi connectivity index (χ0n) is 13.9. The molecule has 1 aromatic heterocycles. The van der Waals surface area contributed by atoms with E-state index in [4.69, 9.17) is 0 Å². The van der Waals surface area contributed by atoms with E-state index in [1.165, 1.54) is 16.7 Å². The second kappa shape index (κ2) is 6.44. The van der Waals surface area contributed by atoms with E-state index in [2.05, 4.69) is 75.5 Å². The van der Waals surface area contributed by atoms with Crippen molar-refractivity contribution < 1.29 is 0 Å². The molecule has 3 heteroatoms. The molecular weight excluding hydrogens is 258 g/mol. The summed E-state index contributed by atoms with van der Waals surface area (Å²) in [7, 11) is 0. The van der Waals surface area contributed by atoms with E-state index in [0.29, 0.717) is 0 Å². The number of aromatic nitrogens is 2. The maximum atomic E-state index is 4.40. The third-order valence-corrected chi connectivity index (χ3v) is 3.83. The first kappa shape index (κ1) is 15.8. The van der Waals surface area contributed by atoms with Crippen LogP contribution in [-0.2, 0) is 12.0 Å². The Hall–Kier alpha value is -1.61. The van der Waals surface area contributed by atoms with Crippen LogP contribution < -0.4 is 5.32 Å². The lowest BCUT2D eigenvalue weighted by molar-refractivity contribution is 0.587. The van der Waals surface area contributed by atoms with Crippen LogP contribution in [0.25, 0.3) is 0 Å². The highest BCUT2D eigenvalue weighted by molar-refractivity contribution is 5.34. The van der Waals surface area contributed by atoms with E-state index in [1.807, 2.05) is 10.9 Å². The Labute approximate surface area is 128 Å². The molecule has 21 heavy (non-hydrogen) atoms. The Morgan fingerprint density at radius 1 is 1.10 bits per heavy atom. The van der Waals surface area contributed by atoms with Crippen LogP contribution in [0, 0.1) is 0 Å². The molecule has 0 amide bonds. The van der Waals surface area contributed by atoms with Crippen LogP contribution in [0.4, 0.5) is 0 Å². The van der Waals surface area contributed by atoms with Crippen molar-refractivity contribution in [3.8, 4) is 0 Å². The molecule has 2 rings (SSSR count). The Morgan fingerprint density at radius 3 is 2.24 bits per heavy atom. The molecule has 0 saturated heterocycles. The van der Waals surface area contributed by atoms with Crippen LogP contribution in [0.2, 0.25) is 0 Å². The molecule has 1 atom stereocenters. The molecule has 0 spiro atoms. The zero-order valence-corrected chi connectivity index (χ0v) is 13.9. The van der Waals surface area contributed by atoms with Gasteiger partial charge >= 0.3 is 0 Å². The van der Waals surface area contributed by atoms with Gasteiger partial charge in [0, 0.05) is 18.3 Å². The molecule has 1 heterocycles. The largest absolute Gasteiger partial charge is 0.306 e. The fraction of sp³-hybridized carbons (Fsp3) is 0.500. The summed E-state index contributed by atoms with van der Waals surface area (Å²) in [6, 6.07) is 9.16. The van der Waals surface area contributed by atoms with Gasteiger partial charge in [0.05, 0.1) is 12.2 Å². The first-order valence-corrected chi connectivity index (χ1v) is 7.82. The summed E-state index contributed by atoms with van der Waals surface area (Å²) >= 11 is 0. The Balaban J connectivity index is 2.29. The van der Waals surface area contributed by atoms with E-state index in [9.17, 15) is 0 Å². The second-order valence-corrected chi connectivity index (χ2v) is 6.49. The monoisotopic (exact) mass is 285 g/mol. The second-order valence-electron chi connectivity index (χ2n) is 6.49. The quantitative estimate of drug-likeness (QED) is 0.903. The van der Waals surface area contributed by atoms with Crippen LogP contribution >= 0.6 is 0 Å². The predicted molar refractivity (Wildman–Crippen MR) is 88.6 cm³/mol. The molecule has 3 nitrogen and oxygen atoms in total. The SMILES string of the molecule is CCNC(c1ccc(C(C)(C)C)cc1)c1cnn(CC)c1. The average molecular weight is 285 g/mol. The van der Waals surface area contributed by atoms with Gasteiger partial charge in [-0.1, -0.05) is 52.0 Å². The minimum atomic E-state index is 0.194. The first-order valence-electron chi connectivity index (χ1n) is 7.82. The molecule has 2 aromatic rings. The van der Waals surface area contributed by atoms with Gasteiger partial charge in [0.2, 0.25) is 0 Å². The van der Waals surface area contributed by atoms with Crippen LogP contribution in [0.5, 0.6) is 0 Å². The smallest absolute Gasteiger partial charge is 0.0607 e. The summed E-state index contributed by atoms with van der Waals surface area (Å²) in [4.78, 5) is 0. The summed E-state index contributed by atoms with van der Waals surface area (Å²) in [6.45, 7) is 12.8. The molecule has 0 radical (unpaired) electrons. The van der Waals surface area contributed by atoms with Crippen molar-refractivity contribution in [2.45, 2.75) is 52.6 Å². The van der Waals surface area contributed by atoms with Crippen molar-refractivity contribution in [3.05, 3.63) is 53.3 Å². The summed E-state index contributed by atoms with van der Waals surface area (Å²) in [5.74, 6) is 0. The Bertz CT molecular complexity index is 561. The minimum absolute atomic E-state index is 0.194. The molecule has 1 unspecified atom stereocenters. The maximum Gasteiger partial charge on any atom is 0.0607 e. The van der Waals surface area contributed by atoms with Gasteiger partial charge < -0.3 is 5.32 Å². The highest BCUT2D eigenvalue weighted by atomic mass is 15.3. The lowest BCUT2D eigenvalue weighted by atomic mass is 9.86. The molecule has 0 fully saturated rings. The number of nitrogens with zero attached hydrogens (tertiary/aromatic N) is 2. The fourth-order valence-electron chi connectivity index (χ4n) is 2.51. The summed E-state index contributed by atoms with van der Waals surface area (Å²) in [5, 5.41) is 7.95. The van der Waals surface area contributed by atoms with Crippen LogP contribution in [-0.4, -0.2) is 16.3 Å². The third-order valence-electron chi connectivity index (χ3n) is 3.83. The van der Waals surface area contributed by atoms with Crippen molar-refractivity contribution in [2.75, 3.05) is 6.54 Å². The van der Waals surface area contributed by atoms with Gasteiger partial charge in [-0.05, 0) is 30.0 Å². The van der Waals surface area contributed by atoms with Gasteiger partial charge in [-0.25, -0.2) is 0 Å². The van der Waals surface area contributed by atoms with Crippen molar-refractivity contribution in [3.63, 3.8) is 0 Å². The number of hydrogen-bond acceptors (Lipinski definition) is 2. The standard InChI is InChI=1S/C18H27N3/c1-6-19-17(15-12-20-21(7-2)13-15)14-8-10-16(11-9-14)18(3,4)5/h8-13,17,19H,6-7H2,1-5H3. The molecule has 0 bridgehead atoms. The van der Waals surface area contributed by atoms with Crippen molar-refractivity contribution in [2.24, 2.45) is 0 Å². The molecule has 0 saturated carbocycles. The van der Waals surface area contributed by atoms with E-state index in [0.717, 1.165) is 13.1 Å². The molecule has 0 aliphatic carbocycles. The van der Waals surface area contributed by atoms with Crippen LogP contribution in [0.3, 0.4) is 0 Å².